The lowest BCUT2D eigenvalue weighted by Gasteiger charge is -2.13. The first-order valence-electron chi connectivity index (χ1n) is 6.04. The Kier molecular flexibility index (Phi) is 3.28. The lowest BCUT2D eigenvalue weighted by Crippen LogP contribution is -1.99. The fraction of sp³-hybridized carbons (Fsp3) is 0.250. The van der Waals surface area contributed by atoms with Crippen molar-refractivity contribution in [2.75, 3.05) is 0 Å². The summed E-state index contributed by atoms with van der Waals surface area (Å²) in [5.41, 5.74) is 7.40. The van der Waals surface area contributed by atoms with Gasteiger partial charge in [0.05, 0.1) is 5.69 Å². The predicted octanol–water partition coefficient (Wildman–Crippen LogP) is 3.79. The van der Waals surface area contributed by atoms with Gasteiger partial charge in [0.25, 0.3) is 0 Å². The van der Waals surface area contributed by atoms with Gasteiger partial charge in [-0.3, -0.25) is 9.78 Å². The van der Waals surface area contributed by atoms with Gasteiger partial charge in [-0.25, -0.2) is 0 Å². The molecule has 18 heavy (non-hydrogen) atoms. The molecule has 0 fully saturated rings. The molecule has 1 aromatic heterocycles. The predicted molar refractivity (Wildman–Crippen MR) is 74.0 cm³/mol. The van der Waals surface area contributed by atoms with E-state index in [-0.39, 0.29) is 0 Å². The van der Waals surface area contributed by atoms with Crippen LogP contribution in [0.25, 0.3) is 11.3 Å². The molecule has 0 amide bonds. The Morgan fingerprint density at radius 3 is 2.39 bits per heavy atom. The zero-order valence-electron chi connectivity index (χ0n) is 11.2. The fourth-order valence-corrected chi connectivity index (χ4v) is 2.11. The van der Waals surface area contributed by atoms with Crippen molar-refractivity contribution in [3.8, 4) is 11.3 Å². The second-order valence-corrected chi connectivity index (χ2v) is 4.66. The molecule has 1 aromatic carbocycles. The molecule has 0 spiro atoms. The van der Waals surface area contributed by atoms with Crippen molar-refractivity contribution in [3.63, 3.8) is 0 Å². The van der Waals surface area contributed by atoms with E-state index in [0.29, 0.717) is 5.56 Å². The number of pyridine rings is 1. The molecule has 0 atom stereocenters. The van der Waals surface area contributed by atoms with Crippen molar-refractivity contribution in [1.82, 2.24) is 4.98 Å². The third-order valence-electron chi connectivity index (χ3n) is 3.60. The van der Waals surface area contributed by atoms with Crippen molar-refractivity contribution in [1.29, 1.82) is 0 Å². The van der Waals surface area contributed by atoms with Crippen LogP contribution in [0.15, 0.2) is 24.3 Å². The van der Waals surface area contributed by atoms with Crippen molar-refractivity contribution >= 4 is 6.29 Å². The first kappa shape index (κ1) is 12.5. The molecule has 0 unspecified atom stereocenters. The average molecular weight is 239 g/mol. The molecule has 2 nitrogen and oxygen atoms in total. The molecule has 1 heterocycles. The van der Waals surface area contributed by atoms with E-state index < -0.39 is 0 Å². The van der Waals surface area contributed by atoms with E-state index in [1.54, 1.807) is 6.07 Å². The highest BCUT2D eigenvalue weighted by molar-refractivity contribution is 5.79. The van der Waals surface area contributed by atoms with Gasteiger partial charge in [0.2, 0.25) is 0 Å². The van der Waals surface area contributed by atoms with Gasteiger partial charge in [-0.2, -0.15) is 0 Å². The van der Waals surface area contributed by atoms with Crippen LogP contribution in [0.4, 0.5) is 0 Å². The monoisotopic (exact) mass is 239 g/mol. The van der Waals surface area contributed by atoms with Crippen molar-refractivity contribution < 1.29 is 4.79 Å². The molecule has 2 aromatic rings. The molecular weight excluding hydrogens is 222 g/mol. The number of benzene rings is 1. The highest BCUT2D eigenvalue weighted by Crippen LogP contribution is 2.27. The van der Waals surface area contributed by atoms with Gasteiger partial charge in [-0.05, 0) is 50.5 Å². The summed E-state index contributed by atoms with van der Waals surface area (Å²) < 4.78 is 0. The van der Waals surface area contributed by atoms with E-state index in [0.717, 1.165) is 23.2 Å². The first-order valence-corrected chi connectivity index (χ1v) is 6.04. The van der Waals surface area contributed by atoms with Crippen molar-refractivity contribution in [2.45, 2.75) is 27.7 Å². The normalized spacial score (nSPS) is 10.4. The van der Waals surface area contributed by atoms with Crippen LogP contribution in [0.2, 0.25) is 0 Å². The highest BCUT2D eigenvalue weighted by Gasteiger charge is 2.10. The van der Waals surface area contributed by atoms with Crippen LogP contribution >= 0.6 is 0 Å². The summed E-state index contributed by atoms with van der Waals surface area (Å²) in [6, 6.07) is 7.58. The summed E-state index contributed by atoms with van der Waals surface area (Å²) in [5.74, 6) is 0. The molecule has 0 bridgehead atoms. The molecule has 0 saturated heterocycles. The Bertz CT molecular complexity index is 615. The maximum atomic E-state index is 10.8. The zero-order valence-corrected chi connectivity index (χ0v) is 11.2. The smallest absolute Gasteiger partial charge is 0.150 e. The zero-order chi connectivity index (χ0) is 13.3. The van der Waals surface area contributed by atoms with Gasteiger partial charge in [0.15, 0.2) is 0 Å². The first-order chi connectivity index (χ1) is 8.54. The number of carbonyl (C=O) groups excluding carboxylic acids is 1. The summed E-state index contributed by atoms with van der Waals surface area (Å²) in [4.78, 5) is 15.5. The molecule has 2 heteroatoms. The van der Waals surface area contributed by atoms with Crippen LogP contribution < -0.4 is 0 Å². The largest absolute Gasteiger partial charge is 0.298 e. The maximum absolute atomic E-state index is 10.8. The topological polar surface area (TPSA) is 30.0 Å². The van der Waals surface area contributed by atoms with Gasteiger partial charge >= 0.3 is 0 Å². The Morgan fingerprint density at radius 1 is 1.00 bits per heavy atom. The minimum absolute atomic E-state index is 0.685. The van der Waals surface area contributed by atoms with E-state index in [1.165, 1.54) is 16.7 Å². The summed E-state index contributed by atoms with van der Waals surface area (Å²) in [7, 11) is 0. The Labute approximate surface area is 108 Å². The van der Waals surface area contributed by atoms with Gasteiger partial charge in [-0.15, -0.1) is 0 Å². The number of aldehydes is 1. The maximum Gasteiger partial charge on any atom is 0.150 e. The number of aryl methyl sites for hydroxylation is 1. The van der Waals surface area contributed by atoms with Crippen LogP contribution in [0.3, 0.4) is 0 Å². The van der Waals surface area contributed by atoms with Gasteiger partial charge in [0, 0.05) is 16.8 Å². The molecule has 0 aliphatic carbocycles. The molecule has 0 N–H and O–H groups in total. The molecule has 2 rings (SSSR count). The third kappa shape index (κ3) is 2.06. The molecule has 0 saturated carbocycles. The van der Waals surface area contributed by atoms with Crippen LogP contribution in [-0.2, 0) is 0 Å². The number of hydrogen-bond acceptors (Lipinski definition) is 2. The van der Waals surface area contributed by atoms with Crippen LogP contribution in [0.5, 0.6) is 0 Å². The van der Waals surface area contributed by atoms with E-state index in [4.69, 9.17) is 0 Å². The number of nitrogens with zero attached hydrogens (tertiary/aromatic N) is 1. The minimum Gasteiger partial charge on any atom is -0.298 e. The van der Waals surface area contributed by atoms with Gasteiger partial charge in [-0.1, -0.05) is 18.2 Å². The summed E-state index contributed by atoms with van der Waals surface area (Å²) in [6.07, 6.45) is 0.868. The number of hydrogen-bond donors (Lipinski definition) is 0. The Balaban J connectivity index is 2.67. The fourth-order valence-electron chi connectivity index (χ4n) is 2.11. The SMILES string of the molecule is Cc1nc(-c2cccc(C=O)c2)c(C)c(C)c1C. The molecule has 92 valence electrons. The molecule has 0 aliphatic heterocycles. The average Bonchev–Trinajstić information content (AvgIpc) is 2.40. The number of rotatable bonds is 2. The van der Waals surface area contributed by atoms with Crippen molar-refractivity contribution in [2.24, 2.45) is 0 Å². The molecular formula is C16H17NO. The summed E-state index contributed by atoms with van der Waals surface area (Å²) in [6.45, 7) is 8.31. The highest BCUT2D eigenvalue weighted by atomic mass is 16.1. The van der Waals surface area contributed by atoms with Crippen molar-refractivity contribution in [3.05, 3.63) is 52.2 Å². The minimum atomic E-state index is 0.685. The molecule has 0 radical (unpaired) electrons. The number of aromatic nitrogens is 1. The van der Waals surface area contributed by atoms with Crippen LogP contribution in [-0.4, -0.2) is 11.3 Å². The number of carbonyl (C=O) groups is 1. The standard InChI is InChI=1S/C16H17NO/c1-10-11(2)13(4)17-16(12(10)3)15-7-5-6-14(8-15)9-18/h5-9H,1-4H3. The third-order valence-corrected chi connectivity index (χ3v) is 3.60. The van der Waals surface area contributed by atoms with Gasteiger partial charge in [0.1, 0.15) is 6.29 Å². The lowest BCUT2D eigenvalue weighted by molar-refractivity contribution is 0.112. The van der Waals surface area contributed by atoms with E-state index in [2.05, 4.69) is 25.8 Å². The van der Waals surface area contributed by atoms with Crippen LogP contribution in [0.1, 0.15) is 32.7 Å². The second-order valence-electron chi connectivity index (χ2n) is 4.66. The Hall–Kier alpha value is -1.96. The quantitative estimate of drug-likeness (QED) is 0.746. The van der Waals surface area contributed by atoms with Gasteiger partial charge < -0.3 is 0 Å². The van der Waals surface area contributed by atoms with E-state index in [1.807, 2.05) is 25.1 Å². The lowest BCUT2D eigenvalue weighted by atomic mass is 9.97. The van der Waals surface area contributed by atoms with E-state index in [9.17, 15) is 4.79 Å². The second kappa shape index (κ2) is 4.73. The summed E-state index contributed by atoms with van der Waals surface area (Å²) >= 11 is 0. The van der Waals surface area contributed by atoms with Crippen LogP contribution in [0, 0.1) is 27.7 Å². The van der Waals surface area contributed by atoms with E-state index >= 15 is 0 Å². The Morgan fingerprint density at radius 2 is 1.72 bits per heavy atom. The molecule has 0 aliphatic rings. The summed E-state index contributed by atoms with van der Waals surface area (Å²) in [5, 5.41) is 0.